The average Bonchev–Trinajstić information content (AvgIpc) is 2.82. The van der Waals surface area contributed by atoms with Gasteiger partial charge in [0.15, 0.2) is 0 Å². The van der Waals surface area contributed by atoms with Crippen LogP contribution < -0.4 is 4.90 Å². The molecule has 1 aromatic carbocycles. The topological polar surface area (TPSA) is 36.4 Å². The normalized spacial score (nSPS) is 13.7. The molecule has 98 valence electrons. The summed E-state index contributed by atoms with van der Waals surface area (Å²) >= 11 is 5.93. The smallest absolute Gasteiger partial charge is 0.133 e. The van der Waals surface area contributed by atoms with Crippen LogP contribution in [0.3, 0.4) is 0 Å². The van der Waals surface area contributed by atoms with E-state index in [9.17, 15) is 9.50 Å². The van der Waals surface area contributed by atoms with Gasteiger partial charge in [-0.05, 0) is 30.2 Å². The molecule has 0 radical (unpaired) electrons. The largest absolute Gasteiger partial charge is 0.392 e. The molecule has 0 fully saturated rings. The molecule has 0 saturated carbocycles. The van der Waals surface area contributed by atoms with E-state index in [1.807, 2.05) is 4.90 Å². The molecule has 0 unspecified atom stereocenters. The van der Waals surface area contributed by atoms with Crippen LogP contribution in [0.1, 0.15) is 11.1 Å². The standard InChI is InChI=1S/C14H12ClFN2O/c15-12-7-17-14(5-10(12)8-19)18-4-3-9-1-2-11(16)6-13(9)18/h1-2,5-7,19H,3-4,8H2. The zero-order chi connectivity index (χ0) is 13.4. The predicted molar refractivity (Wildman–Crippen MR) is 72.3 cm³/mol. The fourth-order valence-corrected chi connectivity index (χ4v) is 2.49. The molecule has 0 saturated heterocycles. The molecular weight excluding hydrogens is 267 g/mol. The maximum absolute atomic E-state index is 13.4. The monoisotopic (exact) mass is 278 g/mol. The van der Waals surface area contributed by atoms with Crippen LogP contribution in [0.4, 0.5) is 15.9 Å². The Hall–Kier alpha value is -1.65. The lowest BCUT2D eigenvalue weighted by Crippen LogP contribution is -2.15. The van der Waals surface area contributed by atoms with E-state index in [4.69, 9.17) is 11.6 Å². The van der Waals surface area contributed by atoms with Gasteiger partial charge in [0.1, 0.15) is 11.6 Å². The van der Waals surface area contributed by atoms with Gasteiger partial charge in [-0.25, -0.2) is 9.37 Å². The highest BCUT2D eigenvalue weighted by Gasteiger charge is 2.22. The molecule has 0 bridgehead atoms. The lowest BCUT2D eigenvalue weighted by molar-refractivity contribution is 0.282. The van der Waals surface area contributed by atoms with E-state index in [0.29, 0.717) is 16.4 Å². The second kappa shape index (κ2) is 4.79. The number of fused-ring (bicyclic) bond motifs is 1. The lowest BCUT2D eigenvalue weighted by atomic mass is 10.2. The zero-order valence-electron chi connectivity index (χ0n) is 10.1. The zero-order valence-corrected chi connectivity index (χ0v) is 10.9. The summed E-state index contributed by atoms with van der Waals surface area (Å²) in [5.41, 5.74) is 2.55. The Bertz CT molecular complexity index is 633. The highest BCUT2D eigenvalue weighted by Crippen LogP contribution is 2.34. The van der Waals surface area contributed by atoms with Crippen molar-refractivity contribution in [2.75, 3.05) is 11.4 Å². The van der Waals surface area contributed by atoms with Crippen LogP contribution in [0.25, 0.3) is 0 Å². The van der Waals surface area contributed by atoms with Gasteiger partial charge in [0.05, 0.1) is 11.6 Å². The molecule has 1 aromatic heterocycles. The minimum atomic E-state index is -0.262. The van der Waals surface area contributed by atoms with Gasteiger partial charge in [-0.3, -0.25) is 0 Å². The first-order chi connectivity index (χ1) is 9.19. The predicted octanol–water partition coefficient (Wildman–Crippen LogP) is 3.06. The summed E-state index contributed by atoms with van der Waals surface area (Å²) in [4.78, 5) is 6.20. The van der Waals surface area contributed by atoms with Crippen LogP contribution in [0.2, 0.25) is 5.02 Å². The van der Waals surface area contributed by atoms with Crippen LogP contribution in [0.15, 0.2) is 30.5 Å². The summed E-state index contributed by atoms with van der Waals surface area (Å²) < 4.78 is 13.4. The van der Waals surface area contributed by atoms with Gasteiger partial charge in [-0.15, -0.1) is 0 Å². The highest BCUT2D eigenvalue weighted by molar-refractivity contribution is 6.31. The van der Waals surface area contributed by atoms with E-state index < -0.39 is 0 Å². The Morgan fingerprint density at radius 2 is 2.21 bits per heavy atom. The van der Waals surface area contributed by atoms with Gasteiger partial charge in [-0.1, -0.05) is 17.7 Å². The molecule has 0 aliphatic carbocycles. The van der Waals surface area contributed by atoms with Crippen molar-refractivity contribution in [1.29, 1.82) is 0 Å². The number of aromatic nitrogens is 1. The number of pyridine rings is 1. The number of rotatable bonds is 2. The van der Waals surface area contributed by atoms with Crippen molar-refractivity contribution >= 4 is 23.1 Å². The first-order valence-electron chi connectivity index (χ1n) is 6.00. The third-order valence-electron chi connectivity index (χ3n) is 3.31. The Morgan fingerprint density at radius 3 is 3.00 bits per heavy atom. The number of benzene rings is 1. The SMILES string of the molecule is OCc1cc(N2CCc3ccc(F)cc32)ncc1Cl. The molecule has 0 atom stereocenters. The number of aliphatic hydroxyl groups excluding tert-OH is 1. The number of aliphatic hydroxyl groups is 1. The quantitative estimate of drug-likeness (QED) is 0.917. The summed E-state index contributed by atoms with van der Waals surface area (Å²) in [6.07, 6.45) is 2.37. The summed E-state index contributed by atoms with van der Waals surface area (Å²) in [7, 11) is 0. The van der Waals surface area contributed by atoms with Gasteiger partial charge in [0.25, 0.3) is 0 Å². The number of halogens is 2. The molecule has 0 amide bonds. The minimum absolute atomic E-state index is 0.141. The number of nitrogens with zero attached hydrogens (tertiary/aromatic N) is 2. The van der Waals surface area contributed by atoms with E-state index in [0.717, 1.165) is 24.2 Å². The fraction of sp³-hybridized carbons (Fsp3) is 0.214. The number of anilines is 2. The van der Waals surface area contributed by atoms with Crippen molar-refractivity contribution in [3.63, 3.8) is 0 Å². The van der Waals surface area contributed by atoms with Gasteiger partial charge in [0.2, 0.25) is 0 Å². The van der Waals surface area contributed by atoms with Crippen molar-refractivity contribution in [1.82, 2.24) is 4.98 Å². The van der Waals surface area contributed by atoms with Gasteiger partial charge < -0.3 is 10.0 Å². The molecule has 0 spiro atoms. The molecular formula is C14H12ClFN2O. The van der Waals surface area contributed by atoms with Gasteiger partial charge in [0, 0.05) is 24.0 Å². The van der Waals surface area contributed by atoms with Crippen molar-refractivity contribution in [3.8, 4) is 0 Å². The van der Waals surface area contributed by atoms with E-state index in [2.05, 4.69) is 4.98 Å². The van der Waals surface area contributed by atoms with E-state index in [-0.39, 0.29) is 12.4 Å². The highest BCUT2D eigenvalue weighted by atomic mass is 35.5. The maximum Gasteiger partial charge on any atom is 0.133 e. The van der Waals surface area contributed by atoms with Gasteiger partial charge in [-0.2, -0.15) is 0 Å². The second-order valence-corrected chi connectivity index (χ2v) is 4.87. The third-order valence-corrected chi connectivity index (χ3v) is 3.65. The van der Waals surface area contributed by atoms with E-state index in [1.54, 1.807) is 12.1 Å². The lowest BCUT2D eigenvalue weighted by Gasteiger charge is -2.19. The second-order valence-electron chi connectivity index (χ2n) is 4.47. The van der Waals surface area contributed by atoms with Crippen LogP contribution in [-0.2, 0) is 13.0 Å². The Labute approximate surface area is 115 Å². The van der Waals surface area contributed by atoms with E-state index >= 15 is 0 Å². The summed E-state index contributed by atoms with van der Waals surface area (Å²) in [6, 6.07) is 6.52. The molecule has 3 nitrogen and oxygen atoms in total. The Morgan fingerprint density at radius 1 is 1.37 bits per heavy atom. The van der Waals surface area contributed by atoms with Crippen molar-refractivity contribution < 1.29 is 9.50 Å². The molecule has 19 heavy (non-hydrogen) atoms. The molecule has 2 aromatic rings. The number of hydrogen-bond donors (Lipinski definition) is 1. The third kappa shape index (κ3) is 2.17. The Balaban J connectivity index is 2.04. The molecule has 2 heterocycles. The Kier molecular flexibility index (Phi) is 3.12. The molecule has 5 heteroatoms. The van der Waals surface area contributed by atoms with Crippen LogP contribution >= 0.6 is 11.6 Å². The number of hydrogen-bond acceptors (Lipinski definition) is 3. The van der Waals surface area contributed by atoms with Crippen LogP contribution in [-0.4, -0.2) is 16.6 Å². The van der Waals surface area contributed by atoms with Crippen LogP contribution in [0.5, 0.6) is 0 Å². The minimum Gasteiger partial charge on any atom is -0.392 e. The molecule has 1 N–H and O–H groups in total. The van der Waals surface area contributed by atoms with Crippen molar-refractivity contribution in [3.05, 3.63) is 52.4 Å². The average molecular weight is 279 g/mol. The molecule has 1 aliphatic heterocycles. The first kappa shape index (κ1) is 12.4. The fourth-order valence-electron chi connectivity index (χ4n) is 2.33. The van der Waals surface area contributed by atoms with Crippen molar-refractivity contribution in [2.45, 2.75) is 13.0 Å². The summed E-state index contributed by atoms with van der Waals surface area (Å²) in [5, 5.41) is 9.67. The molecule has 1 aliphatic rings. The van der Waals surface area contributed by atoms with Crippen LogP contribution in [0, 0.1) is 5.82 Å². The van der Waals surface area contributed by atoms with Crippen molar-refractivity contribution in [2.24, 2.45) is 0 Å². The first-order valence-corrected chi connectivity index (χ1v) is 6.38. The van der Waals surface area contributed by atoms with E-state index in [1.165, 1.54) is 18.3 Å². The maximum atomic E-state index is 13.4. The summed E-state index contributed by atoms with van der Waals surface area (Å²) in [6.45, 7) is 0.608. The summed E-state index contributed by atoms with van der Waals surface area (Å²) in [5.74, 6) is 0.416. The van der Waals surface area contributed by atoms with Gasteiger partial charge >= 0.3 is 0 Å². The molecule has 3 rings (SSSR count).